The number of unbranched alkanes of at least 4 members (excludes halogenated alkanes) is 15. The molecule has 4 heterocycles. The van der Waals surface area contributed by atoms with Gasteiger partial charge in [0.1, 0.15) is 42.4 Å². The summed E-state index contributed by atoms with van der Waals surface area (Å²) in [5.74, 6) is -1.25. The van der Waals surface area contributed by atoms with Gasteiger partial charge in [-0.15, -0.1) is 0 Å². The van der Waals surface area contributed by atoms with Crippen molar-refractivity contribution >= 4 is 69.1 Å². The molecule has 2 aromatic rings. The molecule has 2 aromatic heterocycles. The number of rotatable bonds is 41. The Bertz CT molecular complexity index is 2380. The highest BCUT2D eigenvalue weighted by Crippen LogP contribution is 2.61. The molecule has 81 heavy (non-hydrogen) atoms. The summed E-state index contributed by atoms with van der Waals surface area (Å²) >= 11 is 0.990. The van der Waals surface area contributed by atoms with Crippen LogP contribution < -0.4 is 16.4 Å². The molecule has 2 fully saturated rings. The van der Waals surface area contributed by atoms with Crippen molar-refractivity contribution in [1.82, 2.24) is 30.2 Å². The zero-order valence-corrected chi connectivity index (χ0v) is 49.8. The highest BCUT2D eigenvalue weighted by atomic mass is 32.2. The van der Waals surface area contributed by atoms with E-state index >= 15 is 0 Å². The van der Waals surface area contributed by atoms with Gasteiger partial charge in [0.25, 0.3) is 0 Å². The second kappa shape index (κ2) is 35.1. The third-order valence-corrected chi connectivity index (χ3v) is 17.6. The Hall–Kier alpha value is -2.64. The average molecular weight is 1240 g/mol. The Morgan fingerprint density at radius 3 is 2.02 bits per heavy atom. The van der Waals surface area contributed by atoms with E-state index in [9.17, 15) is 73.2 Å². The van der Waals surface area contributed by atoms with E-state index in [0.717, 1.165) is 67.5 Å². The van der Waals surface area contributed by atoms with Crippen LogP contribution >= 0.6 is 35.2 Å². The number of hydrogen-bond acceptors (Lipinski definition) is 23. The standard InChI is InChI=1S/C48H86N7O22P3S/c1-32-34(57)27-35(58)47(74-32)71-24-19-17-15-13-11-9-7-5-4-6-8-10-12-14-16-18-20-33(56)26-38(60)81-25-23-50-37(59)21-22-51-45(63)42(62)48(2,3)29-73-80(69,70)77-79(67,68)72-28-36-41(76-78(64,65)66)40(61)46(75-36)55-31-54-39-43(49)52-30-53-44(39)55/h30-36,40-42,46-47,56-58,61-62H,4-29H2,1-3H3,(H,50,59)(H,51,63)(H,67,68)(H,69,70)(H2,49,52,53)(H2,64,65,66)/t32-,33+,34+,35+,36+,40+,41+,42-,46+,47+/m0/s1. The lowest BCUT2D eigenvalue weighted by molar-refractivity contribution is -0.261. The third kappa shape index (κ3) is 26.3. The Morgan fingerprint density at radius 2 is 1.41 bits per heavy atom. The number of nitrogens with two attached hydrogens (primary N) is 1. The SMILES string of the molecule is C[C@@H]1O[C@@H](OCCCCCCCCCCCCCCCCCC[C@@H](O)CC(=O)SCCNC(=O)CCNC(=O)[C@H](O)C(C)(C)COP(=O)(O)OP(=O)(O)OC[C@H]2O[C@@H](n3cnc4c(N)ncnc43)[C@H](O)[C@@H]2OP(=O)(O)O)[C@H](O)C[C@H]1O. The minimum absolute atomic E-state index is 0.00590. The van der Waals surface area contributed by atoms with Gasteiger partial charge in [0.2, 0.25) is 11.8 Å². The molecule has 0 bridgehead atoms. The summed E-state index contributed by atoms with van der Waals surface area (Å²) in [5.41, 5.74) is 4.25. The molecule has 4 rings (SSSR count). The van der Waals surface area contributed by atoms with Crippen LogP contribution in [0.4, 0.5) is 5.82 Å². The van der Waals surface area contributed by atoms with Crippen molar-refractivity contribution < 1.29 is 105 Å². The summed E-state index contributed by atoms with van der Waals surface area (Å²) in [6.07, 6.45) is 9.07. The maximum Gasteiger partial charge on any atom is 0.481 e. The van der Waals surface area contributed by atoms with Crippen molar-refractivity contribution in [3.8, 4) is 0 Å². The lowest BCUT2D eigenvalue weighted by Crippen LogP contribution is -2.47. The summed E-state index contributed by atoms with van der Waals surface area (Å²) in [6.45, 7) is 2.69. The summed E-state index contributed by atoms with van der Waals surface area (Å²) in [4.78, 5) is 88.8. The van der Waals surface area contributed by atoms with E-state index in [0.29, 0.717) is 13.0 Å². The first kappa shape index (κ1) is 70.8. The monoisotopic (exact) mass is 1240 g/mol. The number of nitrogens with one attached hydrogen (secondary N) is 2. The Kier molecular flexibility index (Phi) is 30.7. The minimum atomic E-state index is -5.60. The van der Waals surface area contributed by atoms with Crippen LogP contribution in [0.3, 0.4) is 0 Å². The van der Waals surface area contributed by atoms with Crippen molar-refractivity contribution in [2.75, 3.05) is 44.4 Å². The van der Waals surface area contributed by atoms with Gasteiger partial charge in [0, 0.05) is 50.1 Å². The molecule has 29 nitrogen and oxygen atoms in total. The molecule has 0 aromatic carbocycles. The van der Waals surface area contributed by atoms with Crippen molar-refractivity contribution in [3.05, 3.63) is 12.7 Å². The van der Waals surface area contributed by atoms with Crippen LogP contribution in [0.2, 0.25) is 0 Å². The van der Waals surface area contributed by atoms with Gasteiger partial charge in [-0.25, -0.2) is 28.6 Å². The molecule has 2 aliphatic rings. The quantitative estimate of drug-likeness (QED) is 0.0331. The van der Waals surface area contributed by atoms with Gasteiger partial charge in [-0.05, 0) is 19.8 Å². The van der Waals surface area contributed by atoms with Gasteiger partial charge in [0.15, 0.2) is 29.1 Å². The van der Waals surface area contributed by atoms with Crippen LogP contribution in [-0.4, -0.2) is 175 Å². The maximum atomic E-state index is 12.8. The minimum Gasteiger partial charge on any atom is -0.393 e. The number of anilines is 1. The molecule has 2 aliphatic heterocycles. The molecule has 2 saturated heterocycles. The number of phosphoric ester groups is 3. The van der Waals surface area contributed by atoms with Gasteiger partial charge in [-0.1, -0.05) is 122 Å². The molecule has 2 amide bonds. The predicted octanol–water partition coefficient (Wildman–Crippen LogP) is 3.92. The topological polar surface area (TPSA) is 443 Å². The molecule has 0 spiro atoms. The van der Waals surface area contributed by atoms with Gasteiger partial charge in [-0.3, -0.25) is 32.5 Å². The van der Waals surface area contributed by atoms with E-state index in [-0.39, 0.29) is 66.3 Å². The summed E-state index contributed by atoms with van der Waals surface area (Å²) < 4.78 is 73.8. The van der Waals surface area contributed by atoms with Crippen LogP contribution in [0.15, 0.2) is 12.7 Å². The zero-order chi connectivity index (χ0) is 59.8. The number of imidazole rings is 1. The Labute approximate surface area is 476 Å². The first-order chi connectivity index (χ1) is 38.2. The van der Waals surface area contributed by atoms with Gasteiger partial charge in [-0.2, -0.15) is 4.31 Å². The predicted molar refractivity (Wildman–Crippen MR) is 293 cm³/mol. The van der Waals surface area contributed by atoms with Gasteiger partial charge in [0.05, 0.1) is 37.9 Å². The van der Waals surface area contributed by atoms with E-state index in [2.05, 4.69) is 34.4 Å². The lowest BCUT2D eigenvalue weighted by Gasteiger charge is -2.35. The molecule has 2 unspecified atom stereocenters. The van der Waals surface area contributed by atoms with Gasteiger partial charge >= 0.3 is 23.5 Å². The third-order valence-electron chi connectivity index (χ3n) is 13.6. The molecular formula is C48H86N7O22P3S. The summed E-state index contributed by atoms with van der Waals surface area (Å²) in [7, 11) is -16.5. The number of phosphoric acid groups is 3. The molecule has 0 saturated carbocycles. The van der Waals surface area contributed by atoms with Gasteiger partial charge < -0.3 is 75.7 Å². The highest BCUT2D eigenvalue weighted by Gasteiger charge is 2.50. The molecule has 33 heteroatoms. The molecule has 0 radical (unpaired) electrons. The number of carbonyl (C=O) groups excluding carboxylic acids is 3. The first-order valence-corrected chi connectivity index (χ1v) is 33.0. The number of fused-ring (bicyclic) bond motifs is 1. The molecule has 466 valence electrons. The number of carbonyl (C=O) groups is 3. The molecular weight excluding hydrogens is 1150 g/mol. The van der Waals surface area contributed by atoms with Crippen LogP contribution in [0.1, 0.15) is 155 Å². The van der Waals surface area contributed by atoms with Crippen molar-refractivity contribution in [1.29, 1.82) is 0 Å². The molecule has 13 N–H and O–H groups in total. The Balaban J connectivity index is 0.968. The number of aliphatic hydroxyl groups is 5. The second-order valence-corrected chi connectivity index (χ2v) is 26.4. The number of nitrogens with zero attached hydrogens (tertiary/aromatic N) is 4. The number of aromatic nitrogens is 4. The largest absolute Gasteiger partial charge is 0.481 e. The fourth-order valence-corrected chi connectivity index (χ4v) is 12.5. The lowest BCUT2D eigenvalue weighted by atomic mass is 9.87. The number of amides is 2. The van der Waals surface area contributed by atoms with Crippen LogP contribution in [0.5, 0.6) is 0 Å². The number of aliphatic hydroxyl groups excluding tert-OH is 5. The average Bonchev–Trinajstić information content (AvgIpc) is 3.96. The second-order valence-electron chi connectivity index (χ2n) is 21.0. The number of nitrogen functional groups attached to an aromatic ring is 1. The fraction of sp³-hybridized carbons (Fsp3) is 0.833. The highest BCUT2D eigenvalue weighted by molar-refractivity contribution is 8.13. The van der Waals surface area contributed by atoms with E-state index < -0.39 is 109 Å². The maximum absolute atomic E-state index is 12.8. The van der Waals surface area contributed by atoms with E-state index in [1.165, 1.54) is 78.1 Å². The van der Waals surface area contributed by atoms with Crippen LogP contribution in [-0.2, 0) is 60.2 Å². The van der Waals surface area contributed by atoms with Crippen molar-refractivity contribution in [2.45, 2.75) is 211 Å². The smallest absolute Gasteiger partial charge is 0.393 e. The summed E-state index contributed by atoms with van der Waals surface area (Å²) in [6, 6.07) is 0. The number of hydrogen-bond donors (Lipinski definition) is 12. The first-order valence-electron chi connectivity index (χ1n) is 27.5. The summed E-state index contributed by atoms with van der Waals surface area (Å²) in [5, 5.41) is 56.5. The van der Waals surface area contributed by atoms with Crippen molar-refractivity contribution in [2.24, 2.45) is 5.41 Å². The van der Waals surface area contributed by atoms with Crippen LogP contribution in [0.25, 0.3) is 11.2 Å². The number of ether oxygens (including phenoxy) is 3. The number of thioether (sulfide) groups is 1. The van der Waals surface area contributed by atoms with Crippen molar-refractivity contribution in [3.63, 3.8) is 0 Å². The fourth-order valence-electron chi connectivity index (χ4n) is 8.90. The molecule has 12 atom stereocenters. The molecule has 0 aliphatic carbocycles. The van der Waals surface area contributed by atoms with E-state index in [1.807, 2.05) is 0 Å². The normalized spacial score (nSPS) is 23.9. The van der Waals surface area contributed by atoms with E-state index in [4.69, 9.17) is 29.0 Å². The van der Waals surface area contributed by atoms with E-state index in [1.54, 1.807) is 6.92 Å². The Morgan fingerprint density at radius 1 is 0.815 bits per heavy atom. The zero-order valence-electron chi connectivity index (χ0n) is 46.3. The van der Waals surface area contributed by atoms with Crippen LogP contribution in [0, 0.1) is 5.41 Å².